The number of carbonyl (C=O) groups is 2. The van der Waals surface area contributed by atoms with Gasteiger partial charge in [-0.15, -0.1) is 0 Å². The first-order valence-corrected chi connectivity index (χ1v) is 7.11. The van der Waals surface area contributed by atoms with Gasteiger partial charge in [0, 0.05) is 32.7 Å². The molecular formula is C13H22N2O5. The molecule has 2 aliphatic heterocycles. The molecule has 2 saturated heterocycles. The van der Waals surface area contributed by atoms with Crippen LogP contribution in [0, 0.1) is 0 Å². The average Bonchev–Trinajstić information content (AvgIpc) is 2.81. The van der Waals surface area contributed by atoms with Crippen LogP contribution in [0.5, 0.6) is 0 Å². The van der Waals surface area contributed by atoms with Gasteiger partial charge in [-0.3, -0.25) is 0 Å². The molecule has 7 heteroatoms. The molecule has 0 aromatic carbocycles. The third kappa shape index (κ3) is 3.21. The van der Waals surface area contributed by atoms with Crippen LogP contribution in [0.3, 0.4) is 0 Å². The number of ether oxygens (including phenoxy) is 1. The lowest BCUT2D eigenvalue weighted by molar-refractivity contribution is -0.141. The standard InChI is InChI=1S/C13H22N2O5/c1-2-20-10-3-5-14(6-4-10)13(19)15-8-9(16)7-11(15)12(17)18/h9-11,16H,2-8H2,1H3,(H,17,18)/t9-,11-/m0/s1. The maximum Gasteiger partial charge on any atom is 0.326 e. The van der Waals surface area contributed by atoms with Crippen LogP contribution in [0.25, 0.3) is 0 Å². The normalized spacial score (nSPS) is 27.9. The largest absolute Gasteiger partial charge is 0.480 e. The Kier molecular flexibility index (Phi) is 4.82. The Bertz CT molecular complexity index is 368. The molecule has 0 bridgehead atoms. The summed E-state index contributed by atoms with van der Waals surface area (Å²) < 4.78 is 5.53. The van der Waals surface area contributed by atoms with Crippen LogP contribution in [-0.4, -0.2) is 76.5 Å². The van der Waals surface area contributed by atoms with Gasteiger partial charge in [0.05, 0.1) is 12.2 Å². The molecule has 0 spiro atoms. The van der Waals surface area contributed by atoms with E-state index in [0.29, 0.717) is 19.7 Å². The number of urea groups is 1. The Balaban J connectivity index is 1.93. The van der Waals surface area contributed by atoms with Gasteiger partial charge in [0.2, 0.25) is 0 Å². The van der Waals surface area contributed by atoms with Crippen molar-refractivity contribution in [3.05, 3.63) is 0 Å². The highest BCUT2D eigenvalue weighted by atomic mass is 16.5. The summed E-state index contributed by atoms with van der Waals surface area (Å²) in [6.45, 7) is 3.85. The van der Waals surface area contributed by atoms with Crippen molar-refractivity contribution in [2.45, 2.75) is 44.4 Å². The first-order chi connectivity index (χ1) is 9.52. The second-order valence-electron chi connectivity index (χ2n) is 5.32. The molecule has 2 heterocycles. The Labute approximate surface area is 118 Å². The van der Waals surface area contributed by atoms with Gasteiger partial charge >= 0.3 is 12.0 Å². The predicted molar refractivity (Wildman–Crippen MR) is 70.4 cm³/mol. The fraction of sp³-hybridized carbons (Fsp3) is 0.846. The number of nitrogens with zero attached hydrogens (tertiary/aromatic N) is 2. The number of β-amino-alcohol motifs (C(OH)–C–C–N with tert-alkyl or cyclic N) is 1. The molecule has 2 rings (SSSR count). The van der Waals surface area contributed by atoms with Gasteiger partial charge in [-0.2, -0.15) is 0 Å². The lowest BCUT2D eigenvalue weighted by Gasteiger charge is -2.35. The third-order valence-corrected chi connectivity index (χ3v) is 3.92. The molecule has 7 nitrogen and oxygen atoms in total. The fourth-order valence-electron chi connectivity index (χ4n) is 2.89. The minimum atomic E-state index is -1.06. The van der Waals surface area contributed by atoms with Crippen molar-refractivity contribution in [2.75, 3.05) is 26.2 Å². The summed E-state index contributed by atoms with van der Waals surface area (Å²) in [5.74, 6) is -1.06. The van der Waals surface area contributed by atoms with Crippen molar-refractivity contribution >= 4 is 12.0 Å². The van der Waals surface area contributed by atoms with Crippen molar-refractivity contribution in [3.63, 3.8) is 0 Å². The molecular weight excluding hydrogens is 264 g/mol. The quantitative estimate of drug-likeness (QED) is 0.769. The molecule has 0 saturated carbocycles. The molecule has 0 aromatic rings. The monoisotopic (exact) mass is 286 g/mol. The van der Waals surface area contributed by atoms with E-state index in [9.17, 15) is 14.7 Å². The highest BCUT2D eigenvalue weighted by Gasteiger charge is 2.41. The number of likely N-dealkylation sites (tertiary alicyclic amines) is 2. The first kappa shape index (κ1) is 15.1. The van der Waals surface area contributed by atoms with E-state index < -0.39 is 18.1 Å². The van der Waals surface area contributed by atoms with Crippen LogP contribution < -0.4 is 0 Å². The topological polar surface area (TPSA) is 90.3 Å². The SMILES string of the molecule is CCOC1CCN(C(=O)N2C[C@@H](O)C[C@H]2C(=O)O)CC1. The molecule has 2 aliphatic rings. The highest BCUT2D eigenvalue weighted by molar-refractivity contribution is 5.83. The highest BCUT2D eigenvalue weighted by Crippen LogP contribution is 2.22. The number of carboxylic acids is 1. The van der Waals surface area contributed by atoms with Gasteiger partial charge in [-0.1, -0.05) is 0 Å². The first-order valence-electron chi connectivity index (χ1n) is 7.11. The molecule has 2 fully saturated rings. The number of aliphatic carboxylic acids is 1. The van der Waals surface area contributed by atoms with Crippen LogP contribution in [0.1, 0.15) is 26.2 Å². The Morgan fingerprint density at radius 2 is 1.95 bits per heavy atom. The van der Waals surface area contributed by atoms with E-state index in [1.54, 1.807) is 4.90 Å². The van der Waals surface area contributed by atoms with Crippen LogP contribution in [0.2, 0.25) is 0 Å². The zero-order chi connectivity index (χ0) is 14.7. The molecule has 114 valence electrons. The predicted octanol–water partition coefficient (Wildman–Crippen LogP) is 0.127. The Morgan fingerprint density at radius 1 is 1.30 bits per heavy atom. The number of carbonyl (C=O) groups excluding carboxylic acids is 1. The number of amides is 2. The van der Waals surface area contributed by atoms with Gasteiger partial charge in [0.25, 0.3) is 0 Å². The fourth-order valence-corrected chi connectivity index (χ4v) is 2.89. The van der Waals surface area contributed by atoms with Crippen molar-refractivity contribution in [3.8, 4) is 0 Å². The Hall–Kier alpha value is -1.34. The third-order valence-electron chi connectivity index (χ3n) is 3.92. The van der Waals surface area contributed by atoms with Crippen LogP contribution in [-0.2, 0) is 9.53 Å². The van der Waals surface area contributed by atoms with Gasteiger partial charge in [0.15, 0.2) is 0 Å². The second kappa shape index (κ2) is 6.41. The lowest BCUT2D eigenvalue weighted by atomic mass is 10.1. The van der Waals surface area contributed by atoms with E-state index in [2.05, 4.69) is 0 Å². The number of hydrogen-bond acceptors (Lipinski definition) is 4. The zero-order valence-corrected chi connectivity index (χ0v) is 11.7. The van der Waals surface area contributed by atoms with Gasteiger partial charge in [-0.05, 0) is 19.8 Å². The van der Waals surface area contributed by atoms with Gasteiger partial charge in [-0.25, -0.2) is 9.59 Å². The lowest BCUT2D eigenvalue weighted by Crippen LogP contribution is -2.51. The summed E-state index contributed by atoms with van der Waals surface area (Å²) in [7, 11) is 0. The maximum absolute atomic E-state index is 12.4. The number of hydrogen-bond donors (Lipinski definition) is 2. The summed E-state index contributed by atoms with van der Waals surface area (Å²) in [4.78, 5) is 26.4. The summed E-state index contributed by atoms with van der Waals surface area (Å²) in [5, 5.41) is 18.7. The van der Waals surface area contributed by atoms with E-state index in [-0.39, 0.29) is 25.1 Å². The van der Waals surface area contributed by atoms with Crippen molar-refractivity contribution in [1.29, 1.82) is 0 Å². The minimum Gasteiger partial charge on any atom is -0.480 e. The minimum absolute atomic E-state index is 0.0984. The molecule has 2 atom stereocenters. The smallest absolute Gasteiger partial charge is 0.326 e. The maximum atomic E-state index is 12.4. The molecule has 0 aliphatic carbocycles. The molecule has 20 heavy (non-hydrogen) atoms. The Morgan fingerprint density at radius 3 is 2.50 bits per heavy atom. The summed E-state index contributed by atoms with van der Waals surface area (Å²) in [5.41, 5.74) is 0. The molecule has 2 N–H and O–H groups in total. The van der Waals surface area contributed by atoms with E-state index in [4.69, 9.17) is 9.84 Å². The van der Waals surface area contributed by atoms with Gasteiger partial charge in [0.1, 0.15) is 6.04 Å². The van der Waals surface area contributed by atoms with Crippen LogP contribution in [0.4, 0.5) is 4.79 Å². The van der Waals surface area contributed by atoms with Crippen molar-refractivity contribution in [1.82, 2.24) is 9.80 Å². The van der Waals surface area contributed by atoms with Gasteiger partial charge < -0.3 is 24.7 Å². The van der Waals surface area contributed by atoms with Crippen molar-refractivity contribution in [2.24, 2.45) is 0 Å². The van der Waals surface area contributed by atoms with Crippen molar-refractivity contribution < 1.29 is 24.5 Å². The zero-order valence-electron chi connectivity index (χ0n) is 11.7. The van der Waals surface area contributed by atoms with Crippen LogP contribution in [0.15, 0.2) is 0 Å². The second-order valence-corrected chi connectivity index (χ2v) is 5.32. The number of piperidine rings is 1. The summed E-state index contributed by atoms with van der Waals surface area (Å²) in [6.07, 6.45) is 1.09. The number of aliphatic hydroxyl groups is 1. The number of rotatable bonds is 3. The summed E-state index contributed by atoms with van der Waals surface area (Å²) in [6, 6.07) is -1.20. The molecule has 0 unspecified atom stereocenters. The number of aliphatic hydroxyl groups excluding tert-OH is 1. The van der Waals surface area contributed by atoms with E-state index >= 15 is 0 Å². The van der Waals surface area contributed by atoms with Crippen LogP contribution >= 0.6 is 0 Å². The molecule has 0 aromatic heterocycles. The summed E-state index contributed by atoms with van der Waals surface area (Å²) >= 11 is 0. The molecule has 2 amide bonds. The molecule has 0 radical (unpaired) electrons. The average molecular weight is 286 g/mol. The number of carboxylic acid groups (broad SMARTS) is 1. The van der Waals surface area contributed by atoms with E-state index in [1.165, 1.54) is 4.90 Å². The van der Waals surface area contributed by atoms with E-state index in [0.717, 1.165) is 12.8 Å². The van der Waals surface area contributed by atoms with E-state index in [1.807, 2.05) is 6.92 Å².